The molecule has 2 unspecified atom stereocenters. The molecule has 7 heteroatoms. The minimum absolute atomic E-state index is 0.0880. The summed E-state index contributed by atoms with van der Waals surface area (Å²) in [5.74, 6) is -1.62. The highest BCUT2D eigenvalue weighted by Crippen LogP contribution is 2.19. The first kappa shape index (κ1) is 24.9. The van der Waals surface area contributed by atoms with Gasteiger partial charge >= 0.3 is 0 Å². The van der Waals surface area contributed by atoms with Crippen LogP contribution in [-0.2, 0) is 20.9 Å². The van der Waals surface area contributed by atoms with Gasteiger partial charge in [0.05, 0.1) is 0 Å². The molecule has 1 aromatic carbocycles. The fraction of sp³-hybridized carbons (Fsp3) is 0.625. The number of carbonyl (C=O) groups is 3. The average Bonchev–Trinajstić information content (AvgIpc) is 2.76. The first-order valence-electron chi connectivity index (χ1n) is 11.5. The molecule has 0 spiro atoms. The first-order valence-corrected chi connectivity index (χ1v) is 11.5. The van der Waals surface area contributed by atoms with Crippen molar-refractivity contribution in [1.29, 1.82) is 0 Å². The molecule has 0 saturated carbocycles. The van der Waals surface area contributed by atoms with Crippen molar-refractivity contribution in [3.05, 3.63) is 35.9 Å². The zero-order chi connectivity index (χ0) is 22.6. The number of hydrogen-bond acceptors (Lipinski definition) is 4. The quantitative estimate of drug-likeness (QED) is 0.491. The van der Waals surface area contributed by atoms with E-state index in [2.05, 4.69) is 5.32 Å². The lowest BCUT2D eigenvalue weighted by atomic mass is 9.94. The predicted octanol–water partition coefficient (Wildman–Crippen LogP) is 3.41. The van der Waals surface area contributed by atoms with Crippen molar-refractivity contribution in [1.82, 2.24) is 15.7 Å². The number of rotatable bonds is 5. The molecular formula is C24H37N3O4. The molecule has 0 bridgehead atoms. The van der Waals surface area contributed by atoms with Crippen LogP contribution in [0.1, 0.15) is 70.8 Å². The van der Waals surface area contributed by atoms with Crippen LogP contribution in [0.5, 0.6) is 0 Å². The molecule has 0 aliphatic carbocycles. The van der Waals surface area contributed by atoms with Gasteiger partial charge in [0.15, 0.2) is 0 Å². The van der Waals surface area contributed by atoms with Crippen molar-refractivity contribution in [3.63, 3.8) is 0 Å². The Bertz CT molecular complexity index is 708. The van der Waals surface area contributed by atoms with Crippen LogP contribution >= 0.6 is 0 Å². The molecule has 2 rings (SSSR count). The highest BCUT2D eigenvalue weighted by Gasteiger charge is 2.31. The summed E-state index contributed by atoms with van der Waals surface area (Å²) in [6, 6.07) is 9.23. The summed E-state index contributed by atoms with van der Waals surface area (Å²) in [5.41, 5.74) is 2.68. The van der Waals surface area contributed by atoms with Gasteiger partial charge in [0, 0.05) is 25.4 Å². The summed E-state index contributed by atoms with van der Waals surface area (Å²) in [4.78, 5) is 40.1. The highest BCUT2D eigenvalue weighted by atomic mass is 16.5. The molecule has 3 N–H and O–H groups in total. The Morgan fingerprint density at radius 2 is 1.74 bits per heavy atom. The molecule has 0 radical (unpaired) electrons. The van der Waals surface area contributed by atoms with Crippen LogP contribution in [0, 0.1) is 11.8 Å². The number of amides is 3. The standard InChI is InChI=1S/C24H37N3O4/c1-18(2)22-24(30)27(17-19-12-8-7-9-13-19)15-11-6-4-3-5-10-14-20(23(29)25-22)16-21(28)26-31/h7-9,12-13,18,20,22,31H,3-6,10-11,14-17H2,1-2H3,(H,25,29)(H,26,28). The number of hydrogen-bond donors (Lipinski definition) is 3. The van der Waals surface area contributed by atoms with Crippen molar-refractivity contribution in [3.8, 4) is 0 Å². The van der Waals surface area contributed by atoms with Gasteiger partial charge < -0.3 is 10.2 Å². The number of nitrogens with zero attached hydrogens (tertiary/aromatic N) is 1. The van der Waals surface area contributed by atoms with E-state index in [1.165, 1.54) is 0 Å². The summed E-state index contributed by atoms with van der Waals surface area (Å²) < 4.78 is 0. The highest BCUT2D eigenvalue weighted by molar-refractivity contribution is 5.90. The van der Waals surface area contributed by atoms with Gasteiger partial charge in [-0.1, -0.05) is 76.3 Å². The molecule has 7 nitrogen and oxygen atoms in total. The number of nitrogens with one attached hydrogen (secondary N) is 2. The molecule has 2 atom stereocenters. The summed E-state index contributed by atoms with van der Waals surface area (Å²) in [5, 5.41) is 11.8. The van der Waals surface area contributed by atoms with Gasteiger partial charge in [-0.15, -0.1) is 0 Å². The van der Waals surface area contributed by atoms with Gasteiger partial charge in [0.2, 0.25) is 17.7 Å². The molecule has 1 aromatic rings. The van der Waals surface area contributed by atoms with Crippen molar-refractivity contribution < 1.29 is 19.6 Å². The van der Waals surface area contributed by atoms with Gasteiger partial charge in [-0.2, -0.15) is 0 Å². The van der Waals surface area contributed by atoms with Gasteiger partial charge in [0.1, 0.15) is 6.04 Å². The molecule has 1 aliphatic heterocycles. The Balaban J connectivity index is 2.23. The van der Waals surface area contributed by atoms with E-state index in [-0.39, 0.29) is 24.2 Å². The van der Waals surface area contributed by atoms with E-state index in [0.29, 0.717) is 19.5 Å². The lowest BCUT2D eigenvalue weighted by molar-refractivity contribution is -0.140. The Labute approximate surface area is 185 Å². The number of hydroxylamine groups is 1. The number of carbonyl (C=O) groups excluding carboxylic acids is 3. The fourth-order valence-corrected chi connectivity index (χ4v) is 4.05. The van der Waals surface area contributed by atoms with E-state index >= 15 is 0 Å². The van der Waals surface area contributed by atoms with Crippen LogP contribution in [0.2, 0.25) is 0 Å². The van der Waals surface area contributed by atoms with Crippen molar-refractivity contribution in [2.24, 2.45) is 11.8 Å². The largest absolute Gasteiger partial charge is 0.344 e. The SMILES string of the molecule is CC(C)C1NC(=O)C(CC(=O)NO)CCCCCCCCN(Cc2ccccc2)C1=O. The molecular weight excluding hydrogens is 394 g/mol. The molecule has 31 heavy (non-hydrogen) atoms. The van der Waals surface area contributed by atoms with Crippen LogP contribution in [0.4, 0.5) is 0 Å². The predicted molar refractivity (Wildman–Crippen MR) is 119 cm³/mol. The second kappa shape index (κ2) is 13.1. The van der Waals surface area contributed by atoms with E-state index in [0.717, 1.165) is 44.1 Å². The molecule has 1 heterocycles. The van der Waals surface area contributed by atoms with Gasteiger partial charge in [-0.3, -0.25) is 19.6 Å². The minimum Gasteiger partial charge on any atom is -0.344 e. The second-order valence-corrected chi connectivity index (χ2v) is 8.82. The third kappa shape index (κ3) is 8.32. The lowest BCUT2D eigenvalue weighted by Crippen LogP contribution is -2.52. The Kier molecular flexibility index (Phi) is 10.5. The molecule has 3 amide bonds. The third-order valence-electron chi connectivity index (χ3n) is 5.92. The Morgan fingerprint density at radius 1 is 1.10 bits per heavy atom. The van der Waals surface area contributed by atoms with Crippen LogP contribution in [0.15, 0.2) is 30.3 Å². The van der Waals surface area contributed by atoms with E-state index in [4.69, 9.17) is 5.21 Å². The lowest BCUT2D eigenvalue weighted by Gasteiger charge is -2.31. The van der Waals surface area contributed by atoms with Crippen molar-refractivity contribution in [2.45, 2.75) is 77.8 Å². The Hall–Kier alpha value is -2.41. The van der Waals surface area contributed by atoms with E-state index in [1.807, 2.05) is 49.1 Å². The van der Waals surface area contributed by atoms with E-state index in [9.17, 15) is 14.4 Å². The summed E-state index contributed by atoms with van der Waals surface area (Å²) in [7, 11) is 0. The van der Waals surface area contributed by atoms with Crippen LogP contribution in [-0.4, -0.2) is 40.4 Å². The summed E-state index contributed by atoms with van der Waals surface area (Å²) in [6.45, 7) is 5.00. The Morgan fingerprint density at radius 3 is 2.39 bits per heavy atom. The molecule has 0 aromatic heterocycles. The monoisotopic (exact) mass is 431 g/mol. The maximum atomic E-state index is 13.5. The third-order valence-corrected chi connectivity index (χ3v) is 5.92. The zero-order valence-corrected chi connectivity index (χ0v) is 18.8. The first-order chi connectivity index (χ1) is 14.9. The van der Waals surface area contributed by atoms with Crippen molar-refractivity contribution >= 4 is 17.7 Å². The van der Waals surface area contributed by atoms with Crippen LogP contribution in [0.3, 0.4) is 0 Å². The second-order valence-electron chi connectivity index (χ2n) is 8.82. The average molecular weight is 432 g/mol. The molecule has 172 valence electrons. The fourth-order valence-electron chi connectivity index (χ4n) is 4.05. The minimum atomic E-state index is -0.654. The molecule has 1 saturated heterocycles. The summed E-state index contributed by atoms with van der Waals surface area (Å²) in [6.07, 6.45) is 6.49. The van der Waals surface area contributed by atoms with Gasteiger partial charge in [0.25, 0.3) is 0 Å². The normalized spacial score (nSPS) is 22.0. The van der Waals surface area contributed by atoms with Gasteiger partial charge in [-0.25, -0.2) is 5.48 Å². The molecule has 1 fully saturated rings. The maximum Gasteiger partial charge on any atom is 0.245 e. The van der Waals surface area contributed by atoms with Crippen LogP contribution in [0.25, 0.3) is 0 Å². The van der Waals surface area contributed by atoms with Crippen molar-refractivity contribution in [2.75, 3.05) is 6.54 Å². The van der Waals surface area contributed by atoms with Crippen LogP contribution < -0.4 is 10.8 Å². The van der Waals surface area contributed by atoms with E-state index in [1.54, 1.807) is 5.48 Å². The zero-order valence-electron chi connectivity index (χ0n) is 18.8. The maximum absolute atomic E-state index is 13.5. The van der Waals surface area contributed by atoms with Gasteiger partial charge in [-0.05, 0) is 24.3 Å². The smallest absolute Gasteiger partial charge is 0.245 e. The topological polar surface area (TPSA) is 98.7 Å². The van der Waals surface area contributed by atoms with E-state index < -0.39 is 17.9 Å². The summed E-state index contributed by atoms with van der Waals surface area (Å²) >= 11 is 0. The number of benzene rings is 1. The molecule has 1 aliphatic rings.